The van der Waals surface area contributed by atoms with Gasteiger partial charge in [-0.2, -0.15) is 0 Å². The smallest absolute Gasteiger partial charge is 0.224 e. The molecule has 1 N–H and O–H groups in total. The Morgan fingerprint density at radius 3 is 2.17 bits per heavy atom. The first-order valence-corrected chi connectivity index (χ1v) is 10.4. The van der Waals surface area contributed by atoms with Crippen LogP contribution in [-0.4, -0.2) is 44.1 Å². The number of nitrogens with one attached hydrogen (secondary N) is 1. The molecule has 0 aliphatic carbocycles. The van der Waals surface area contributed by atoms with Crippen LogP contribution in [0.4, 0.5) is 0 Å². The lowest BCUT2D eigenvalue weighted by molar-refractivity contribution is -0.126. The average molecular weight is 458 g/mol. The van der Waals surface area contributed by atoms with Gasteiger partial charge in [-0.05, 0) is 54.8 Å². The lowest BCUT2D eigenvalue weighted by Gasteiger charge is -2.32. The number of halogens is 3. The Labute approximate surface area is 188 Å². The minimum absolute atomic E-state index is 0. The number of carbonyl (C=O) groups excluding carboxylic acids is 1. The Hall–Kier alpha value is -1.30. The van der Waals surface area contributed by atoms with Gasteiger partial charge < -0.3 is 15.0 Å². The molecule has 1 unspecified atom stereocenters. The first-order valence-electron chi connectivity index (χ1n) is 9.63. The zero-order valence-corrected chi connectivity index (χ0v) is 18.8. The molecular formula is C22H27Cl3N2O2. The summed E-state index contributed by atoms with van der Waals surface area (Å²) in [5, 5.41) is 4.17. The Balaban J connectivity index is 0.00000300. The predicted molar refractivity (Wildman–Crippen MR) is 121 cm³/mol. The molecule has 1 amide bonds. The third-order valence-electron chi connectivity index (χ3n) is 5.16. The molecule has 7 heteroatoms. The van der Waals surface area contributed by atoms with E-state index in [0.29, 0.717) is 16.7 Å². The molecule has 1 saturated heterocycles. The molecule has 29 heavy (non-hydrogen) atoms. The van der Waals surface area contributed by atoms with Gasteiger partial charge >= 0.3 is 0 Å². The van der Waals surface area contributed by atoms with Gasteiger partial charge in [0.2, 0.25) is 5.91 Å². The molecule has 1 aliphatic heterocycles. The van der Waals surface area contributed by atoms with E-state index in [1.807, 2.05) is 48.5 Å². The van der Waals surface area contributed by atoms with Crippen molar-refractivity contribution >= 4 is 41.5 Å². The van der Waals surface area contributed by atoms with Gasteiger partial charge in [-0.25, -0.2) is 0 Å². The van der Waals surface area contributed by atoms with Crippen LogP contribution in [-0.2, 0) is 9.53 Å². The van der Waals surface area contributed by atoms with E-state index < -0.39 is 0 Å². The van der Waals surface area contributed by atoms with Crippen molar-refractivity contribution in [3.63, 3.8) is 0 Å². The third kappa shape index (κ3) is 6.87. The average Bonchev–Trinajstić information content (AvgIpc) is 2.72. The minimum Gasteiger partial charge on any atom is -0.367 e. The van der Waals surface area contributed by atoms with Crippen molar-refractivity contribution in [2.45, 2.75) is 18.9 Å². The van der Waals surface area contributed by atoms with Crippen LogP contribution in [0.25, 0.3) is 0 Å². The molecule has 0 aromatic heterocycles. The molecule has 0 bridgehead atoms. The van der Waals surface area contributed by atoms with Crippen molar-refractivity contribution in [2.75, 3.05) is 33.3 Å². The van der Waals surface area contributed by atoms with E-state index in [1.54, 1.807) is 7.05 Å². The molecule has 1 fully saturated rings. The molecule has 4 nitrogen and oxygen atoms in total. The highest BCUT2D eigenvalue weighted by Crippen LogP contribution is 2.28. The number of amides is 1. The van der Waals surface area contributed by atoms with Crippen LogP contribution in [0.1, 0.15) is 30.1 Å². The minimum atomic E-state index is -0.186. The lowest BCUT2D eigenvalue weighted by Crippen LogP contribution is -2.43. The van der Waals surface area contributed by atoms with Gasteiger partial charge in [0, 0.05) is 30.2 Å². The van der Waals surface area contributed by atoms with Crippen LogP contribution in [0.5, 0.6) is 0 Å². The van der Waals surface area contributed by atoms with Gasteiger partial charge in [-0.3, -0.25) is 4.79 Å². The second-order valence-electron chi connectivity index (χ2n) is 7.11. The monoisotopic (exact) mass is 456 g/mol. The number of hydrogen-bond acceptors (Lipinski definition) is 3. The highest BCUT2D eigenvalue weighted by Gasteiger charge is 2.25. The Bertz CT molecular complexity index is 723. The Morgan fingerprint density at radius 2 is 1.66 bits per heavy atom. The van der Waals surface area contributed by atoms with E-state index in [1.165, 1.54) is 0 Å². The maximum absolute atomic E-state index is 11.9. The molecule has 3 rings (SSSR count). The van der Waals surface area contributed by atoms with Gasteiger partial charge in [0.05, 0.1) is 12.5 Å². The van der Waals surface area contributed by atoms with E-state index in [-0.39, 0.29) is 30.3 Å². The summed E-state index contributed by atoms with van der Waals surface area (Å²) in [7, 11) is 1.70. The fourth-order valence-corrected chi connectivity index (χ4v) is 3.89. The first kappa shape index (κ1) is 24.0. The fourth-order valence-electron chi connectivity index (χ4n) is 3.64. The summed E-state index contributed by atoms with van der Waals surface area (Å²) in [6.07, 6.45) is 1.81. The van der Waals surface area contributed by atoms with E-state index >= 15 is 0 Å². The van der Waals surface area contributed by atoms with Crippen LogP contribution in [0, 0.1) is 5.92 Å². The standard InChI is InChI=1S/C22H26Cl2N2O2.ClH/c1-25-22(27)18-3-2-12-26(15-18)13-14-28-21(16-4-8-19(23)9-5-16)17-6-10-20(24)11-7-17;/h4-11,18,21H,2-3,12-15H2,1H3,(H,25,27);1H. The van der Waals surface area contributed by atoms with Crippen molar-refractivity contribution < 1.29 is 9.53 Å². The number of nitrogens with zero attached hydrogens (tertiary/aromatic N) is 1. The quantitative estimate of drug-likeness (QED) is 0.637. The molecule has 0 saturated carbocycles. The molecule has 158 valence electrons. The van der Waals surface area contributed by atoms with Crippen molar-refractivity contribution in [1.29, 1.82) is 0 Å². The molecular weight excluding hydrogens is 431 g/mol. The summed E-state index contributed by atoms with van der Waals surface area (Å²) < 4.78 is 6.29. The molecule has 1 aliphatic rings. The fraction of sp³-hybridized carbons (Fsp3) is 0.409. The van der Waals surface area contributed by atoms with Crippen LogP contribution in [0.15, 0.2) is 48.5 Å². The summed E-state index contributed by atoms with van der Waals surface area (Å²) >= 11 is 12.1. The van der Waals surface area contributed by atoms with Crippen molar-refractivity contribution in [3.05, 3.63) is 69.7 Å². The van der Waals surface area contributed by atoms with E-state index in [9.17, 15) is 4.79 Å². The van der Waals surface area contributed by atoms with Gasteiger partial charge in [-0.15, -0.1) is 12.4 Å². The highest BCUT2D eigenvalue weighted by molar-refractivity contribution is 6.30. The van der Waals surface area contributed by atoms with Gasteiger partial charge in [0.15, 0.2) is 0 Å². The van der Waals surface area contributed by atoms with Crippen LogP contribution >= 0.6 is 35.6 Å². The maximum Gasteiger partial charge on any atom is 0.224 e. The van der Waals surface area contributed by atoms with Gasteiger partial charge in [0.25, 0.3) is 0 Å². The number of benzene rings is 2. The van der Waals surface area contributed by atoms with Crippen molar-refractivity contribution in [3.8, 4) is 0 Å². The Kier molecular flexibility index (Phi) is 9.73. The topological polar surface area (TPSA) is 41.6 Å². The van der Waals surface area contributed by atoms with E-state index in [4.69, 9.17) is 27.9 Å². The SMILES string of the molecule is CNC(=O)C1CCCN(CCOC(c2ccc(Cl)cc2)c2ccc(Cl)cc2)C1.Cl. The second kappa shape index (κ2) is 11.8. The van der Waals surface area contributed by atoms with E-state index in [0.717, 1.165) is 43.6 Å². The number of hydrogen-bond donors (Lipinski definition) is 1. The summed E-state index contributed by atoms with van der Waals surface area (Å²) in [5.41, 5.74) is 2.10. The van der Waals surface area contributed by atoms with E-state index in [2.05, 4.69) is 10.2 Å². The highest BCUT2D eigenvalue weighted by atomic mass is 35.5. The lowest BCUT2D eigenvalue weighted by atomic mass is 9.97. The largest absolute Gasteiger partial charge is 0.367 e. The normalized spacial score (nSPS) is 17.0. The van der Waals surface area contributed by atoms with Crippen molar-refractivity contribution in [1.82, 2.24) is 10.2 Å². The summed E-state index contributed by atoms with van der Waals surface area (Å²) in [4.78, 5) is 14.2. The summed E-state index contributed by atoms with van der Waals surface area (Å²) in [6, 6.07) is 15.5. The second-order valence-corrected chi connectivity index (χ2v) is 7.98. The van der Waals surface area contributed by atoms with Gasteiger partial charge in [0.1, 0.15) is 6.10 Å². The predicted octanol–water partition coefficient (Wildman–Crippen LogP) is 4.98. The first-order chi connectivity index (χ1) is 13.6. The number of piperidine rings is 1. The summed E-state index contributed by atoms with van der Waals surface area (Å²) in [6.45, 7) is 3.17. The van der Waals surface area contributed by atoms with Gasteiger partial charge in [-0.1, -0.05) is 47.5 Å². The number of rotatable bonds is 7. The number of ether oxygens (including phenoxy) is 1. The number of likely N-dealkylation sites (tertiary alicyclic amines) is 1. The molecule has 0 spiro atoms. The summed E-state index contributed by atoms with van der Waals surface area (Å²) in [5.74, 6) is 0.202. The van der Waals surface area contributed by atoms with Crippen LogP contribution in [0.3, 0.4) is 0 Å². The zero-order chi connectivity index (χ0) is 19.9. The molecule has 2 aromatic rings. The maximum atomic E-state index is 11.9. The third-order valence-corrected chi connectivity index (χ3v) is 5.66. The molecule has 2 aromatic carbocycles. The van der Waals surface area contributed by atoms with Crippen molar-refractivity contribution in [2.24, 2.45) is 5.92 Å². The Morgan fingerprint density at radius 1 is 1.10 bits per heavy atom. The molecule has 0 radical (unpaired) electrons. The zero-order valence-electron chi connectivity index (χ0n) is 16.4. The molecule has 1 atom stereocenters. The number of carbonyl (C=O) groups is 1. The van der Waals surface area contributed by atoms with Crippen LogP contribution in [0.2, 0.25) is 10.0 Å². The molecule has 1 heterocycles. The van der Waals surface area contributed by atoms with Crippen LogP contribution < -0.4 is 5.32 Å².